The molecule has 6 N–H and O–H groups in total. The predicted molar refractivity (Wildman–Crippen MR) is 61.0 cm³/mol. The van der Waals surface area contributed by atoms with Gasteiger partial charge in [-0.25, -0.2) is 4.99 Å². The molecule has 4 saturated heterocycles. The number of aliphatic imine (C=N–C) groups is 1. The molecule has 110 valence electrons. The van der Waals surface area contributed by atoms with Gasteiger partial charge in [-0.1, -0.05) is 0 Å². The predicted octanol–water partition coefficient (Wildman–Crippen LogP) is -3.45. The first-order valence-electron chi connectivity index (χ1n) is 6.56. The van der Waals surface area contributed by atoms with Crippen LogP contribution in [0, 0.1) is 5.92 Å². The molecule has 7 bridgehead atoms. The topological polar surface area (TPSA) is 139 Å². The van der Waals surface area contributed by atoms with E-state index in [0.29, 0.717) is 0 Å². The monoisotopic (exact) mass is 285 g/mol. The highest BCUT2D eigenvalue weighted by atomic mass is 16.9. The van der Waals surface area contributed by atoms with E-state index in [0.717, 1.165) is 0 Å². The smallest absolute Gasteiger partial charge is 0.311 e. The van der Waals surface area contributed by atoms with Crippen LogP contribution in [0.4, 0.5) is 0 Å². The molecule has 1 saturated carbocycles. The molecule has 0 radical (unpaired) electrons. The summed E-state index contributed by atoms with van der Waals surface area (Å²) in [5.41, 5.74) is 3.23. The molecule has 20 heavy (non-hydrogen) atoms. The number of aliphatic hydroxyl groups is 3. The lowest BCUT2D eigenvalue weighted by Crippen LogP contribution is -2.91. The number of nitrogens with one attached hydrogen (secondary N) is 1. The Kier molecular flexibility index (Phi) is 1.65. The van der Waals surface area contributed by atoms with Gasteiger partial charge in [-0.15, -0.1) is 0 Å². The van der Waals surface area contributed by atoms with E-state index >= 15 is 0 Å². The Morgan fingerprint density at radius 1 is 1.30 bits per heavy atom. The van der Waals surface area contributed by atoms with Crippen LogP contribution in [0.25, 0.3) is 0 Å². The lowest BCUT2D eigenvalue weighted by molar-refractivity contribution is -0.526. The number of aliphatic hydroxyl groups excluding tert-OH is 1. The van der Waals surface area contributed by atoms with Crippen LogP contribution in [0.3, 0.4) is 0 Å². The van der Waals surface area contributed by atoms with Crippen molar-refractivity contribution in [3.05, 3.63) is 0 Å². The van der Waals surface area contributed by atoms with Crippen molar-refractivity contribution in [2.45, 2.75) is 54.7 Å². The van der Waals surface area contributed by atoms with E-state index in [-0.39, 0.29) is 5.96 Å². The zero-order chi connectivity index (χ0) is 14.1. The van der Waals surface area contributed by atoms with Crippen LogP contribution in [0.2, 0.25) is 0 Å². The summed E-state index contributed by atoms with van der Waals surface area (Å²) in [6.07, 6.45) is -4.54. The molecular formula is C11H15N3O6. The minimum absolute atomic E-state index is 0.137. The fraction of sp³-hybridized carbons (Fsp3) is 0.909. The number of rotatable bonds is 0. The second-order valence-corrected chi connectivity index (χ2v) is 6.38. The van der Waals surface area contributed by atoms with Crippen molar-refractivity contribution in [1.29, 1.82) is 0 Å². The average molecular weight is 285 g/mol. The maximum Gasteiger partial charge on any atom is 0.311 e. The molecule has 0 aromatic carbocycles. The van der Waals surface area contributed by atoms with Gasteiger partial charge < -0.3 is 40.6 Å². The van der Waals surface area contributed by atoms with Gasteiger partial charge in [0.25, 0.3) is 0 Å². The Hall–Kier alpha value is -0.970. The summed E-state index contributed by atoms with van der Waals surface area (Å²) in [6, 6.07) is 0. The molecule has 0 aromatic heterocycles. The number of guanidine groups is 1. The van der Waals surface area contributed by atoms with Crippen molar-refractivity contribution in [3.63, 3.8) is 0 Å². The summed E-state index contributed by atoms with van der Waals surface area (Å²) < 4.78 is 16.6. The molecule has 0 unspecified atom stereocenters. The molecule has 9 atom stereocenters. The van der Waals surface area contributed by atoms with E-state index in [4.69, 9.17) is 19.9 Å². The molecule has 5 heterocycles. The van der Waals surface area contributed by atoms with Gasteiger partial charge in [0.15, 0.2) is 18.3 Å². The molecule has 6 rings (SSSR count). The molecule has 0 aromatic rings. The second kappa shape index (κ2) is 2.82. The van der Waals surface area contributed by atoms with Crippen LogP contribution in [0.1, 0.15) is 6.92 Å². The minimum atomic E-state index is -2.02. The van der Waals surface area contributed by atoms with Gasteiger partial charge in [0.2, 0.25) is 0 Å². The highest BCUT2D eigenvalue weighted by molar-refractivity contribution is 5.80. The van der Waals surface area contributed by atoms with Crippen molar-refractivity contribution >= 4 is 5.96 Å². The van der Waals surface area contributed by atoms with E-state index in [2.05, 4.69) is 10.3 Å². The van der Waals surface area contributed by atoms with Gasteiger partial charge in [-0.05, 0) is 6.92 Å². The Morgan fingerprint density at radius 3 is 2.75 bits per heavy atom. The summed E-state index contributed by atoms with van der Waals surface area (Å²) in [7, 11) is 0. The van der Waals surface area contributed by atoms with Crippen LogP contribution < -0.4 is 11.1 Å². The molecule has 5 fully saturated rings. The van der Waals surface area contributed by atoms with E-state index < -0.39 is 53.7 Å². The Morgan fingerprint density at radius 2 is 2.00 bits per heavy atom. The number of hydrogen-bond donors (Lipinski definition) is 5. The van der Waals surface area contributed by atoms with Crippen LogP contribution in [0.15, 0.2) is 4.99 Å². The van der Waals surface area contributed by atoms with E-state index in [1.807, 2.05) is 0 Å². The summed E-state index contributed by atoms with van der Waals surface area (Å²) in [6.45, 7) is 1.51. The van der Waals surface area contributed by atoms with Crippen molar-refractivity contribution in [1.82, 2.24) is 5.32 Å². The normalized spacial score (nSPS) is 68.9. The SMILES string of the molecule is C[C@@]1(O)[C@@H]2O[C@]3(O)O[C@H]1[C@H](O)[C@@]14NC(N)=N[C@@H](O[C@H]31)[C@@H]24. The number of nitrogens with zero attached hydrogens (tertiary/aromatic N) is 1. The molecule has 1 spiro atoms. The summed E-state index contributed by atoms with van der Waals surface area (Å²) in [4.78, 5) is 4.14. The molecule has 9 heteroatoms. The summed E-state index contributed by atoms with van der Waals surface area (Å²) >= 11 is 0. The molecular weight excluding hydrogens is 270 g/mol. The summed E-state index contributed by atoms with van der Waals surface area (Å²) in [5.74, 6) is -2.34. The standard InChI is InChI=1S/C11H15N3O6/c1-9(16)4-2-6-13-8(12)14-10(2)3(15)5(9)20-11(17,19-4)7(10)18-6/h2-7,15-17H,1H3,(H3,12,13,14)/t2-,3+,4-,5+,6+,7+,9-,10-,11+/m1/s1. The molecule has 6 aliphatic rings. The first kappa shape index (κ1) is 11.7. The van der Waals surface area contributed by atoms with Crippen molar-refractivity contribution in [2.24, 2.45) is 16.6 Å². The largest absolute Gasteiger partial charge is 0.388 e. The van der Waals surface area contributed by atoms with Gasteiger partial charge in [0.05, 0.1) is 5.92 Å². The quantitative estimate of drug-likeness (QED) is 0.310. The summed E-state index contributed by atoms with van der Waals surface area (Å²) in [5, 5.41) is 34.8. The first-order valence-corrected chi connectivity index (χ1v) is 6.56. The van der Waals surface area contributed by atoms with Crippen LogP contribution >= 0.6 is 0 Å². The third-order valence-electron chi connectivity index (χ3n) is 5.36. The third-order valence-corrected chi connectivity index (χ3v) is 5.36. The van der Waals surface area contributed by atoms with Crippen LogP contribution in [-0.2, 0) is 14.2 Å². The van der Waals surface area contributed by atoms with Gasteiger partial charge in [0.1, 0.15) is 29.5 Å². The first-order chi connectivity index (χ1) is 9.31. The third kappa shape index (κ3) is 0.892. The molecule has 1 aliphatic carbocycles. The van der Waals surface area contributed by atoms with E-state index in [1.54, 1.807) is 0 Å². The van der Waals surface area contributed by atoms with Gasteiger partial charge in [-0.2, -0.15) is 0 Å². The Labute approximate surface area is 113 Å². The highest BCUT2D eigenvalue weighted by Gasteiger charge is 2.86. The number of hydrogen-bond acceptors (Lipinski definition) is 9. The fourth-order valence-corrected chi connectivity index (χ4v) is 4.60. The van der Waals surface area contributed by atoms with Crippen LogP contribution in [-0.4, -0.2) is 69.0 Å². The molecule has 0 amide bonds. The van der Waals surface area contributed by atoms with Crippen molar-refractivity contribution < 1.29 is 29.5 Å². The van der Waals surface area contributed by atoms with Crippen molar-refractivity contribution in [3.8, 4) is 0 Å². The molecule has 5 aliphatic heterocycles. The Bertz CT molecular complexity index is 554. The zero-order valence-corrected chi connectivity index (χ0v) is 10.6. The second-order valence-electron chi connectivity index (χ2n) is 6.38. The van der Waals surface area contributed by atoms with Gasteiger partial charge in [0, 0.05) is 0 Å². The lowest BCUT2D eigenvalue weighted by Gasteiger charge is -2.68. The zero-order valence-electron chi connectivity index (χ0n) is 10.6. The number of nitrogens with two attached hydrogens (primary N) is 1. The highest BCUT2D eigenvalue weighted by Crippen LogP contribution is 2.63. The Balaban J connectivity index is 1.79. The maximum absolute atomic E-state index is 10.7. The fourth-order valence-electron chi connectivity index (χ4n) is 4.60. The maximum atomic E-state index is 10.7. The van der Waals surface area contributed by atoms with Gasteiger partial charge >= 0.3 is 5.97 Å². The minimum Gasteiger partial charge on any atom is -0.388 e. The lowest BCUT2D eigenvalue weighted by atomic mass is 9.57. The van der Waals surface area contributed by atoms with Crippen molar-refractivity contribution in [2.75, 3.05) is 0 Å². The van der Waals surface area contributed by atoms with Gasteiger partial charge in [-0.3, -0.25) is 0 Å². The number of ether oxygens (including phenoxy) is 3. The van der Waals surface area contributed by atoms with Crippen LogP contribution in [0.5, 0.6) is 0 Å². The average Bonchev–Trinajstić information content (AvgIpc) is 2.51. The van der Waals surface area contributed by atoms with E-state index in [9.17, 15) is 15.3 Å². The molecule has 9 nitrogen and oxygen atoms in total. The van der Waals surface area contributed by atoms with E-state index in [1.165, 1.54) is 6.92 Å².